The van der Waals surface area contributed by atoms with Crippen molar-refractivity contribution >= 4 is 5.82 Å². The highest BCUT2D eigenvalue weighted by atomic mass is 15.3. The molecule has 1 aliphatic heterocycles. The van der Waals surface area contributed by atoms with Crippen molar-refractivity contribution in [1.29, 1.82) is 0 Å². The molecule has 0 bridgehead atoms. The molecule has 0 spiro atoms. The van der Waals surface area contributed by atoms with Crippen molar-refractivity contribution in [3.8, 4) is 11.3 Å². The molecule has 1 unspecified atom stereocenters. The lowest BCUT2D eigenvalue weighted by Gasteiger charge is -2.18. The standard InChI is InChI=1S/C21H23N5/c1-15-12-22-26(13-15)18-9-10-25(14-18)20-11-17-7-4-6-16-5-2-3-8-19(16)21(17)24-23-20/h2-3,5,8,11-13,18H,4,6-7,9-10,14H2,1H3. The largest absolute Gasteiger partial charge is 0.353 e. The van der Waals surface area contributed by atoms with E-state index in [-0.39, 0.29) is 0 Å². The van der Waals surface area contributed by atoms with Gasteiger partial charge in [0.15, 0.2) is 5.82 Å². The molecule has 5 heteroatoms. The number of aryl methyl sites for hydroxylation is 3. The van der Waals surface area contributed by atoms with Crippen LogP contribution in [0.15, 0.2) is 42.7 Å². The van der Waals surface area contributed by atoms with Crippen LogP contribution in [0, 0.1) is 6.92 Å². The van der Waals surface area contributed by atoms with Gasteiger partial charge in [-0.15, -0.1) is 10.2 Å². The highest BCUT2D eigenvalue weighted by Gasteiger charge is 2.26. The van der Waals surface area contributed by atoms with Gasteiger partial charge in [-0.25, -0.2) is 0 Å². The van der Waals surface area contributed by atoms with Gasteiger partial charge in [0.05, 0.1) is 17.9 Å². The van der Waals surface area contributed by atoms with Gasteiger partial charge < -0.3 is 4.90 Å². The van der Waals surface area contributed by atoms with E-state index in [1.165, 1.54) is 28.7 Å². The third-order valence-corrected chi connectivity index (χ3v) is 5.62. The van der Waals surface area contributed by atoms with Crippen molar-refractivity contribution in [2.75, 3.05) is 18.0 Å². The Kier molecular flexibility index (Phi) is 3.73. The molecule has 1 saturated heterocycles. The first-order valence-corrected chi connectivity index (χ1v) is 9.48. The van der Waals surface area contributed by atoms with Crippen LogP contribution in [0.2, 0.25) is 0 Å². The van der Waals surface area contributed by atoms with E-state index >= 15 is 0 Å². The predicted molar refractivity (Wildman–Crippen MR) is 102 cm³/mol. The Morgan fingerprint density at radius 3 is 2.85 bits per heavy atom. The summed E-state index contributed by atoms with van der Waals surface area (Å²) in [6.45, 7) is 4.05. The summed E-state index contributed by atoms with van der Waals surface area (Å²) in [5, 5.41) is 13.7. The lowest BCUT2D eigenvalue weighted by Crippen LogP contribution is -2.22. The number of hydrogen-bond donors (Lipinski definition) is 0. The smallest absolute Gasteiger partial charge is 0.151 e. The fourth-order valence-corrected chi connectivity index (χ4v) is 4.23. The van der Waals surface area contributed by atoms with Crippen LogP contribution in [0.5, 0.6) is 0 Å². The molecule has 0 amide bonds. The van der Waals surface area contributed by atoms with E-state index in [4.69, 9.17) is 0 Å². The van der Waals surface area contributed by atoms with Crippen LogP contribution in [0.1, 0.15) is 35.6 Å². The topological polar surface area (TPSA) is 46.8 Å². The molecule has 2 aromatic heterocycles. The fourth-order valence-electron chi connectivity index (χ4n) is 4.23. The summed E-state index contributed by atoms with van der Waals surface area (Å²) in [6.07, 6.45) is 8.53. The summed E-state index contributed by atoms with van der Waals surface area (Å²) in [6, 6.07) is 11.3. The van der Waals surface area contributed by atoms with Crippen molar-refractivity contribution < 1.29 is 0 Å². The van der Waals surface area contributed by atoms with Gasteiger partial charge in [0.2, 0.25) is 0 Å². The van der Waals surface area contributed by atoms with E-state index < -0.39 is 0 Å². The zero-order valence-corrected chi connectivity index (χ0v) is 15.1. The van der Waals surface area contributed by atoms with Crippen LogP contribution in [0.3, 0.4) is 0 Å². The van der Waals surface area contributed by atoms with Gasteiger partial charge in [0, 0.05) is 24.8 Å². The molecule has 132 valence electrons. The van der Waals surface area contributed by atoms with Crippen LogP contribution < -0.4 is 4.90 Å². The minimum atomic E-state index is 0.421. The summed E-state index contributed by atoms with van der Waals surface area (Å²) in [5.41, 5.74) is 6.26. The molecule has 1 aromatic carbocycles. The normalized spacial score (nSPS) is 19.1. The highest BCUT2D eigenvalue weighted by Crippen LogP contribution is 2.33. The third-order valence-electron chi connectivity index (χ3n) is 5.62. The molecule has 0 N–H and O–H groups in total. The Morgan fingerprint density at radius 2 is 1.96 bits per heavy atom. The number of nitrogens with zero attached hydrogens (tertiary/aromatic N) is 5. The summed E-state index contributed by atoms with van der Waals surface area (Å²) in [4.78, 5) is 2.35. The first kappa shape index (κ1) is 15.6. The number of fused-ring (bicyclic) bond motifs is 3. The third kappa shape index (κ3) is 2.68. The lowest BCUT2D eigenvalue weighted by atomic mass is 10.0. The first-order chi connectivity index (χ1) is 12.8. The van der Waals surface area contributed by atoms with Crippen molar-refractivity contribution in [2.24, 2.45) is 0 Å². The van der Waals surface area contributed by atoms with Crippen molar-refractivity contribution in [2.45, 2.75) is 38.6 Å². The molecule has 0 radical (unpaired) electrons. The Labute approximate surface area is 153 Å². The van der Waals surface area contributed by atoms with Crippen molar-refractivity contribution in [3.63, 3.8) is 0 Å². The minimum absolute atomic E-state index is 0.421. The SMILES string of the molecule is Cc1cnn(C2CCN(c3cc4c(nn3)-c3ccccc3CCC4)C2)c1. The van der Waals surface area contributed by atoms with E-state index in [0.29, 0.717) is 6.04 Å². The van der Waals surface area contributed by atoms with Gasteiger partial charge in [-0.3, -0.25) is 4.68 Å². The molecule has 5 rings (SSSR count). The zero-order valence-electron chi connectivity index (χ0n) is 15.1. The van der Waals surface area contributed by atoms with Crippen LogP contribution in [0.25, 0.3) is 11.3 Å². The predicted octanol–water partition coefficient (Wildman–Crippen LogP) is 3.59. The van der Waals surface area contributed by atoms with Gasteiger partial charge in [0.25, 0.3) is 0 Å². The first-order valence-electron chi connectivity index (χ1n) is 9.48. The minimum Gasteiger partial charge on any atom is -0.353 e. The number of aromatic nitrogens is 4. The molecule has 1 aliphatic carbocycles. The average molecular weight is 345 g/mol. The second-order valence-corrected chi connectivity index (χ2v) is 7.47. The highest BCUT2D eigenvalue weighted by molar-refractivity contribution is 5.68. The summed E-state index contributed by atoms with van der Waals surface area (Å²) in [7, 11) is 0. The summed E-state index contributed by atoms with van der Waals surface area (Å²) in [5.74, 6) is 1.01. The van der Waals surface area contributed by atoms with Crippen molar-refractivity contribution in [3.05, 3.63) is 59.4 Å². The molecule has 0 saturated carbocycles. The Morgan fingerprint density at radius 1 is 1.08 bits per heavy atom. The van der Waals surface area contributed by atoms with Gasteiger partial charge >= 0.3 is 0 Å². The molecular formula is C21H23N5. The maximum absolute atomic E-state index is 4.65. The average Bonchev–Trinajstić information content (AvgIpc) is 3.27. The molecular weight excluding hydrogens is 322 g/mol. The molecule has 3 heterocycles. The zero-order chi connectivity index (χ0) is 17.5. The lowest BCUT2D eigenvalue weighted by molar-refractivity contribution is 0.494. The van der Waals surface area contributed by atoms with E-state index in [2.05, 4.69) is 68.3 Å². The Bertz CT molecular complexity index is 945. The van der Waals surface area contributed by atoms with Crippen LogP contribution in [-0.4, -0.2) is 33.1 Å². The van der Waals surface area contributed by atoms with Gasteiger partial charge in [-0.2, -0.15) is 5.10 Å². The second-order valence-electron chi connectivity index (χ2n) is 7.47. The number of anilines is 1. The molecule has 5 nitrogen and oxygen atoms in total. The summed E-state index contributed by atoms with van der Waals surface area (Å²) >= 11 is 0. The van der Waals surface area contributed by atoms with Gasteiger partial charge in [-0.1, -0.05) is 24.3 Å². The van der Waals surface area contributed by atoms with Crippen LogP contribution >= 0.6 is 0 Å². The molecule has 3 aromatic rings. The Balaban J connectivity index is 1.43. The molecule has 1 fully saturated rings. The molecule has 2 aliphatic rings. The Hall–Kier alpha value is -2.69. The van der Waals surface area contributed by atoms with E-state index in [0.717, 1.165) is 43.9 Å². The van der Waals surface area contributed by atoms with Crippen LogP contribution in [-0.2, 0) is 12.8 Å². The number of benzene rings is 1. The van der Waals surface area contributed by atoms with E-state index in [9.17, 15) is 0 Å². The molecule has 26 heavy (non-hydrogen) atoms. The maximum Gasteiger partial charge on any atom is 0.151 e. The molecule has 1 atom stereocenters. The van der Waals surface area contributed by atoms with Gasteiger partial charge in [-0.05, 0) is 55.4 Å². The number of hydrogen-bond acceptors (Lipinski definition) is 4. The second kappa shape index (κ2) is 6.24. The van der Waals surface area contributed by atoms with Crippen molar-refractivity contribution in [1.82, 2.24) is 20.0 Å². The van der Waals surface area contributed by atoms with Gasteiger partial charge in [0.1, 0.15) is 0 Å². The quantitative estimate of drug-likeness (QED) is 0.712. The summed E-state index contributed by atoms with van der Waals surface area (Å²) < 4.78 is 2.10. The maximum atomic E-state index is 4.65. The van der Waals surface area contributed by atoms with Crippen LogP contribution in [0.4, 0.5) is 5.82 Å². The fraction of sp³-hybridized carbons (Fsp3) is 0.381. The van der Waals surface area contributed by atoms with E-state index in [1.807, 2.05) is 6.20 Å². The van der Waals surface area contributed by atoms with E-state index in [1.54, 1.807) is 0 Å². The monoisotopic (exact) mass is 345 g/mol. The number of rotatable bonds is 2.